The molecule has 2 aliphatic rings. The molecule has 1 heterocycles. The number of amides is 2. The zero-order chi connectivity index (χ0) is 14.5. The van der Waals surface area contributed by atoms with Gasteiger partial charge in [-0.05, 0) is 19.3 Å². The van der Waals surface area contributed by atoms with E-state index in [1.54, 1.807) is 11.9 Å². The van der Waals surface area contributed by atoms with Crippen LogP contribution in [0.3, 0.4) is 0 Å². The Labute approximate surface area is 120 Å². The van der Waals surface area contributed by atoms with Gasteiger partial charge in [-0.3, -0.25) is 14.5 Å². The van der Waals surface area contributed by atoms with E-state index < -0.39 is 0 Å². The molecule has 2 rings (SSSR count). The molecule has 2 N–H and O–H groups in total. The highest BCUT2D eigenvalue weighted by Gasteiger charge is 2.30. The van der Waals surface area contributed by atoms with Crippen LogP contribution in [-0.4, -0.2) is 67.9 Å². The first kappa shape index (κ1) is 15.0. The van der Waals surface area contributed by atoms with Gasteiger partial charge in [0, 0.05) is 39.4 Å². The van der Waals surface area contributed by atoms with Crippen LogP contribution in [0.5, 0.6) is 0 Å². The first-order valence-electron chi connectivity index (χ1n) is 7.25. The summed E-state index contributed by atoms with van der Waals surface area (Å²) in [7, 11) is 3.46. The fourth-order valence-corrected chi connectivity index (χ4v) is 2.76. The van der Waals surface area contributed by atoms with Crippen molar-refractivity contribution in [3.8, 4) is 0 Å². The number of likely N-dealkylation sites (N-methyl/N-ethyl adjacent to an activating group) is 2. The molecule has 0 bridgehead atoms. The molecule has 0 aromatic carbocycles. The molecule has 1 fully saturated rings. The standard InChI is InChI=1S/C14H24N4O2/c1-15-14(20)12-9-16-7-8-18(12)10-13(19)17(2)11-5-3-4-6-11/h5,12,16H,3-4,6-10H2,1-2H3,(H,15,20). The SMILES string of the molecule is CNC(=O)C1CNCCN1CC(=O)N(C)C1=CCCC1. The zero-order valence-electron chi connectivity index (χ0n) is 12.3. The van der Waals surface area contributed by atoms with Gasteiger partial charge < -0.3 is 15.5 Å². The maximum absolute atomic E-state index is 12.3. The summed E-state index contributed by atoms with van der Waals surface area (Å²) in [6.45, 7) is 2.43. The molecule has 2 amide bonds. The Kier molecular flexibility index (Phi) is 5.14. The summed E-state index contributed by atoms with van der Waals surface area (Å²) in [5.74, 6) is 0.0293. The van der Waals surface area contributed by atoms with E-state index in [9.17, 15) is 9.59 Å². The minimum absolute atomic E-state index is 0.0345. The summed E-state index contributed by atoms with van der Waals surface area (Å²) in [4.78, 5) is 27.9. The van der Waals surface area contributed by atoms with E-state index in [0.717, 1.165) is 38.0 Å². The molecule has 6 heteroatoms. The quantitative estimate of drug-likeness (QED) is 0.731. The molecule has 0 aromatic rings. The molecule has 0 radical (unpaired) electrons. The second kappa shape index (κ2) is 6.85. The van der Waals surface area contributed by atoms with Crippen LogP contribution < -0.4 is 10.6 Å². The highest BCUT2D eigenvalue weighted by molar-refractivity contribution is 5.84. The van der Waals surface area contributed by atoms with Crippen molar-refractivity contribution < 1.29 is 9.59 Å². The Bertz CT molecular complexity index is 408. The van der Waals surface area contributed by atoms with Crippen LogP contribution in [0.2, 0.25) is 0 Å². The summed E-state index contributed by atoms with van der Waals surface area (Å²) in [5, 5.41) is 5.86. The summed E-state index contributed by atoms with van der Waals surface area (Å²) in [6, 6.07) is -0.261. The second-order valence-corrected chi connectivity index (χ2v) is 5.35. The average molecular weight is 280 g/mol. The minimum atomic E-state index is -0.261. The monoisotopic (exact) mass is 280 g/mol. The molecule has 1 atom stereocenters. The van der Waals surface area contributed by atoms with Gasteiger partial charge in [-0.25, -0.2) is 0 Å². The fourth-order valence-electron chi connectivity index (χ4n) is 2.76. The predicted molar refractivity (Wildman–Crippen MR) is 77.0 cm³/mol. The van der Waals surface area contributed by atoms with Crippen LogP contribution in [0.15, 0.2) is 11.8 Å². The molecule has 1 aliphatic heterocycles. The van der Waals surface area contributed by atoms with Crippen molar-refractivity contribution in [2.45, 2.75) is 25.3 Å². The molecular weight excluding hydrogens is 256 g/mol. The normalized spacial score (nSPS) is 23.3. The fraction of sp³-hybridized carbons (Fsp3) is 0.714. The van der Waals surface area contributed by atoms with E-state index in [-0.39, 0.29) is 17.9 Å². The number of hydrogen-bond donors (Lipinski definition) is 2. The van der Waals surface area contributed by atoms with Gasteiger partial charge in [-0.15, -0.1) is 0 Å². The van der Waals surface area contributed by atoms with E-state index in [2.05, 4.69) is 16.7 Å². The van der Waals surface area contributed by atoms with Crippen molar-refractivity contribution in [3.63, 3.8) is 0 Å². The number of piperazine rings is 1. The Morgan fingerprint density at radius 2 is 2.35 bits per heavy atom. The molecule has 0 saturated carbocycles. The molecule has 1 unspecified atom stereocenters. The van der Waals surface area contributed by atoms with Gasteiger partial charge in [0.05, 0.1) is 6.54 Å². The first-order valence-corrected chi connectivity index (χ1v) is 7.25. The number of carbonyl (C=O) groups excluding carboxylic acids is 2. The van der Waals surface area contributed by atoms with Crippen LogP contribution in [0, 0.1) is 0 Å². The molecule has 112 valence electrons. The van der Waals surface area contributed by atoms with Crippen LogP contribution in [0.1, 0.15) is 19.3 Å². The molecule has 1 aliphatic carbocycles. The minimum Gasteiger partial charge on any atom is -0.358 e. The van der Waals surface area contributed by atoms with Gasteiger partial charge in [0.2, 0.25) is 11.8 Å². The molecular formula is C14H24N4O2. The molecule has 1 saturated heterocycles. The van der Waals surface area contributed by atoms with Gasteiger partial charge in [0.1, 0.15) is 6.04 Å². The Morgan fingerprint density at radius 3 is 3.00 bits per heavy atom. The van der Waals surface area contributed by atoms with Crippen molar-refractivity contribution in [2.24, 2.45) is 0 Å². The van der Waals surface area contributed by atoms with Gasteiger partial charge in [-0.2, -0.15) is 0 Å². The van der Waals surface area contributed by atoms with Crippen LogP contribution in [0.25, 0.3) is 0 Å². The molecule has 6 nitrogen and oxygen atoms in total. The smallest absolute Gasteiger partial charge is 0.240 e. The third-order valence-corrected chi connectivity index (χ3v) is 4.06. The van der Waals surface area contributed by atoms with Crippen molar-refractivity contribution in [2.75, 3.05) is 40.3 Å². The lowest BCUT2D eigenvalue weighted by atomic mass is 10.1. The zero-order valence-corrected chi connectivity index (χ0v) is 12.3. The number of nitrogens with one attached hydrogen (secondary N) is 2. The molecule has 0 aromatic heterocycles. The summed E-state index contributed by atoms with van der Waals surface area (Å²) < 4.78 is 0. The Hall–Kier alpha value is -1.40. The largest absolute Gasteiger partial charge is 0.358 e. The second-order valence-electron chi connectivity index (χ2n) is 5.35. The maximum atomic E-state index is 12.3. The van der Waals surface area contributed by atoms with E-state index in [1.165, 1.54) is 0 Å². The highest BCUT2D eigenvalue weighted by atomic mass is 16.2. The predicted octanol–water partition coefficient (Wildman–Crippen LogP) is -0.468. The van der Waals surface area contributed by atoms with Crippen molar-refractivity contribution in [1.82, 2.24) is 20.4 Å². The number of rotatable bonds is 4. The highest BCUT2D eigenvalue weighted by Crippen LogP contribution is 2.20. The van der Waals surface area contributed by atoms with Crippen LogP contribution >= 0.6 is 0 Å². The Morgan fingerprint density at radius 1 is 1.55 bits per heavy atom. The van der Waals surface area contributed by atoms with Crippen LogP contribution in [-0.2, 0) is 9.59 Å². The van der Waals surface area contributed by atoms with Crippen LogP contribution in [0.4, 0.5) is 0 Å². The number of allylic oxidation sites excluding steroid dienone is 2. The van der Waals surface area contributed by atoms with Crippen molar-refractivity contribution in [3.05, 3.63) is 11.8 Å². The topological polar surface area (TPSA) is 64.7 Å². The third-order valence-electron chi connectivity index (χ3n) is 4.06. The third kappa shape index (κ3) is 3.37. The maximum Gasteiger partial charge on any atom is 0.240 e. The lowest BCUT2D eigenvalue weighted by Gasteiger charge is -2.35. The van der Waals surface area contributed by atoms with Gasteiger partial charge in [-0.1, -0.05) is 6.08 Å². The van der Waals surface area contributed by atoms with E-state index in [0.29, 0.717) is 13.1 Å². The van der Waals surface area contributed by atoms with Crippen molar-refractivity contribution in [1.29, 1.82) is 0 Å². The first-order chi connectivity index (χ1) is 9.63. The van der Waals surface area contributed by atoms with Gasteiger partial charge in [0.15, 0.2) is 0 Å². The molecule has 20 heavy (non-hydrogen) atoms. The van der Waals surface area contributed by atoms with Gasteiger partial charge in [0.25, 0.3) is 0 Å². The van der Waals surface area contributed by atoms with Crippen molar-refractivity contribution >= 4 is 11.8 Å². The lowest BCUT2D eigenvalue weighted by Crippen LogP contribution is -2.59. The summed E-state index contributed by atoms with van der Waals surface area (Å²) >= 11 is 0. The lowest BCUT2D eigenvalue weighted by molar-refractivity contribution is -0.133. The van der Waals surface area contributed by atoms with E-state index in [1.807, 2.05) is 11.9 Å². The molecule has 0 spiro atoms. The number of hydrogen-bond acceptors (Lipinski definition) is 4. The van der Waals surface area contributed by atoms with E-state index >= 15 is 0 Å². The average Bonchev–Trinajstić information content (AvgIpc) is 3.00. The summed E-state index contributed by atoms with van der Waals surface area (Å²) in [5.41, 5.74) is 1.11. The van der Waals surface area contributed by atoms with E-state index in [4.69, 9.17) is 0 Å². The summed E-state index contributed by atoms with van der Waals surface area (Å²) in [6.07, 6.45) is 5.29. The van der Waals surface area contributed by atoms with Gasteiger partial charge >= 0.3 is 0 Å². The number of nitrogens with zero attached hydrogens (tertiary/aromatic N) is 2. The number of carbonyl (C=O) groups is 2. The Balaban J connectivity index is 1.95.